The van der Waals surface area contributed by atoms with Crippen molar-refractivity contribution < 1.29 is 0 Å². The lowest BCUT2D eigenvalue weighted by molar-refractivity contribution is -0.00837. The van der Waals surface area contributed by atoms with E-state index in [0.717, 1.165) is 47.7 Å². The number of fused-ring (bicyclic) bond motifs is 4. The average molecular weight is 422 g/mol. The lowest BCUT2D eigenvalue weighted by Crippen LogP contribution is -2.68. The van der Waals surface area contributed by atoms with Crippen LogP contribution in [-0.4, -0.2) is 55.0 Å². The molecule has 32 heavy (non-hydrogen) atoms. The molecule has 0 spiro atoms. The Morgan fingerprint density at radius 1 is 0.906 bits per heavy atom. The van der Waals surface area contributed by atoms with Gasteiger partial charge in [-0.05, 0) is 41.6 Å². The fourth-order valence-corrected chi connectivity index (χ4v) is 5.43. The van der Waals surface area contributed by atoms with Crippen LogP contribution in [-0.2, 0) is 6.54 Å². The van der Waals surface area contributed by atoms with Crippen LogP contribution in [0.2, 0.25) is 0 Å². The highest BCUT2D eigenvalue weighted by Crippen LogP contribution is 2.36. The molecular weight excluding hydrogens is 398 g/mol. The number of aromatic nitrogens is 5. The number of pyridine rings is 1. The first-order valence-electron chi connectivity index (χ1n) is 11.1. The normalized spacial score (nSPS) is 20.7. The van der Waals surface area contributed by atoms with E-state index >= 15 is 0 Å². The van der Waals surface area contributed by atoms with Gasteiger partial charge in [0, 0.05) is 66.8 Å². The Balaban J connectivity index is 1.08. The van der Waals surface area contributed by atoms with Crippen molar-refractivity contribution in [3.63, 3.8) is 0 Å². The van der Waals surface area contributed by atoms with Crippen molar-refractivity contribution in [1.29, 1.82) is 0 Å². The molecule has 3 aliphatic rings. The number of piperidine rings is 1. The molecule has 7 heteroatoms. The number of hydrogen-bond acceptors (Lipinski definition) is 5. The number of H-pyrrole nitrogens is 2. The quantitative estimate of drug-likeness (QED) is 0.459. The van der Waals surface area contributed by atoms with E-state index in [-0.39, 0.29) is 0 Å². The molecule has 3 aliphatic heterocycles. The van der Waals surface area contributed by atoms with Crippen molar-refractivity contribution in [1.82, 2.24) is 29.8 Å². The molecule has 158 valence electrons. The van der Waals surface area contributed by atoms with Crippen molar-refractivity contribution in [2.45, 2.75) is 25.0 Å². The maximum Gasteiger partial charge on any atom is 0.141 e. The second kappa shape index (κ2) is 6.90. The molecule has 5 aromatic rings. The molecule has 2 bridgehead atoms. The van der Waals surface area contributed by atoms with Gasteiger partial charge in [-0.1, -0.05) is 18.2 Å². The highest BCUT2D eigenvalue weighted by molar-refractivity contribution is 5.90. The van der Waals surface area contributed by atoms with Crippen LogP contribution in [0.3, 0.4) is 0 Å². The first-order chi connectivity index (χ1) is 15.8. The predicted octanol–water partition coefficient (Wildman–Crippen LogP) is 3.96. The minimum absolute atomic E-state index is 0.585. The van der Waals surface area contributed by atoms with E-state index in [0.29, 0.717) is 12.1 Å². The van der Waals surface area contributed by atoms with Gasteiger partial charge in [0.25, 0.3) is 0 Å². The minimum Gasteiger partial charge on any atom is -0.361 e. The van der Waals surface area contributed by atoms with Gasteiger partial charge in [0.1, 0.15) is 17.8 Å². The molecule has 4 aromatic heterocycles. The number of hydrogen-bond donors (Lipinski definition) is 2. The number of piperazine rings is 1. The zero-order valence-corrected chi connectivity index (χ0v) is 17.6. The second-order valence-corrected chi connectivity index (χ2v) is 8.85. The second-order valence-electron chi connectivity index (χ2n) is 8.85. The maximum atomic E-state index is 4.80. The Morgan fingerprint density at radius 2 is 1.81 bits per heavy atom. The fourth-order valence-electron chi connectivity index (χ4n) is 5.43. The van der Waals surface area contributed by atoms with Crippen molar-refractivity contribution in [3.05, 3.63) is 72.9 Å². The summed E-state index contributed by atoms with van der Waals surface area (Å²) in [5.74, 6) is 1.05. The van der Waals surface area contributed by atoms with Crippen LogP contribution < -0.4 is 4.90 Å². The lowest BCUT2D eigenvalue weighted by Gasteiger charge is -2.56. The van der Waals surface area contributed by atoms with Gasteiger partial charge in [0.2, 0.25) is 0 Å². The first kappa shape index (κ1) is 17.9. The van der Waals surface area contributed by atoms with Crippen molar-refractivity contribution >= 4 is 27.8 Å². The number of nitrogens with zero attached hydrogens (tertiary/aromatic N) is 5. The largest absolute Gasteiger partial charge is 0.361 e. The van der Waals surface area contributed by atoms with E-state index in [1.165, 1.54) is 22.9 Å². The van der Waals surface area contributed by atoms with E-state index in [2.05, 4.69) is 66.1 Å². The Bertz CT molecular complexity index is 1410. The summed E-state index contributed by atoms with van der Waals surface area (Å²) in [5.41, 5.74) is 5.45. The first-order valence-corrected chi connectivity index (χ1v) is 11.1. The Hall–Kier alpha value is -3.71. The maximum absolute atomic E-state index is 4.80. The van der Waals surface area contributed by atoms with Crippen LogP contribution in [0.4, 0.5) is 5.82 Å². The molecule has 0 radical (unpaired) electrons. The number of para-hydroxylation sites is 1. The summed E-state index contributed by atoms with van der Waals surface area (Å²) >= 11 is 0. The number of anilines is 1. The van der Waals surface area contributed by atoms with Gasteiger partial charge in [-0.2, -0.15) is 0 Å². The fraction of sp³-hybridized carbons (Fsp3) is 0.240. The summed E-state index contributed by atoms with van der Waals surface area (Å²) in [6.45, 7) is 3.06. The van der Waals surface area contributed by atoms with Crippen LogP contribution in [0.15, 0.2) is 67.4 Å². The summed E-state index contributed by atoms with van der Waals surface area (Å²) in [5, 5.41) is 2.31. The summed E-state index contributed by atoms with van der Waals surface area (Å²) in [4.78, 5) is 25.2. The van der Waals surface area contributed by atoms with Gasteiger partial charge in [-0.25, -0.2) is 15.0 Å². The predicted molar refractivity (Wildman–Crippen MR) is 125 cm³/mol. The highest BCUT2D eigenvalue weighted by atomic mass is 15.4. The topological polar surface area (TPSA) is 76.7 Å². The van der Waals surface area contributed by atoms with Crippen molar-refractivity contribution in [2.24, 2.45) is 0 Å². The molecule has 3 saturated heterocycles. The monoisotopic (exact) mass is 421 g/mol. The molecule has 2 N–H and O–H groups in total. The van der Waals surface area contributed by atoms with Gasteiger partial charge in [-0.15, -0.1) is 0 Å². The standard InChI is InChI=1S/C25H23N7/c1-2-16-6-8-26-23(16)18(3-1)12-32-19-10-20(32)14-31(13-19)22-5-4-17(11-28-22)24-21-7-9-27-25(21)30-15-29-24/h1-9,11,15,19-20,26H,10,12-14H2,(H,27,29,30). The van der Waals surface area contributed by atoms with Gasteiger partial charge in [0.05, 0.1) is 5.69 Å². The molecule has 3 fully saturated rings. The van der Waals surface area contributed by atoms with Gasteiger partial charge in [-0.3, -0.25) is 4.90 Å². The smallest absolute Gasteiger partial charge is 0.141 e. The third-order valence-corrected chi connectivity index (χ3v) is 7.07. The van der Waals surface area contributed by atoms with Crippen LogP contribution in [0, 0.1) is 0 Å². The SMILES string of the molecule is c1cc(CN2C3CC2CN(c2ccc(-c4ncnc5[nH]ccc45)cn2)C3)c2[nH]ccc2c1. The van der Waals surface area contributed by atoms with Crippen molar-refractivity contribution in [3.8, 4) is 11.3 Å². The van der Waals surface area contributed by atoms with Crippen LogP contribution >= 0.6 is 0 Å². The summed E-state index contributed by atoms with van der Waals surface area (Å²) in [7, 11) is 0. The van der Waals surface area contributed by atoms with Crippen LogP contribution in [0.1, 0.15) is 12.0 Å². The Morgan fingerprint density at radius 3 is 2.69 bits per heavy atom. The average Bonchev–Trinajstić information content (AvgIpc) is 3.52. The van der Waals surface area contributed by atoms with E-state index in [1.54, 1.807) is 6.33 Å². The molecular formula is C25H23N7. The summed E-state index contributed by atoms with van der Waals surface area (Å²) in [6.07, 6.45) is 8.75. The van der Waals surface area contributed by atoms with E-state index in [4.69, 9.17) is 4.98 Å². The molecule has 0 saturated carbocycles. The minimum atomic E-state index is 0.585. The van der Waals surface area contributed by atoms with Crippen LogP contribution in [0.5, 0.6) is 0 Å². The zero-order valence-electron chi connectivity index (χ0n) is 17.6. The molecule has 7 nitrogen and oxygen atoms in total. The van der Waals surface area contributed by atoms with Gasteiger partial charge < -0.3 is 14.9 Å². The number of nitrogens with one attached hydrogen (secondary N) is 2. The van der Waals surface area contributed by atoms with E-state index in [9.17, 15) is 0 Å². The molecule has 0 aliphatic carbocycles. The number of benzene rings is 1. The molecule has 2 unspecified atom stereocenters. The van der Waals surface area contributed by atoms with Gasteiger partial charge in [0.15, 0.2) is 0 Å². The van der Waals surface area contributed by atoms with Crippen molar-refractivity contribution in [2.75, 3.05) is 18.0 Å². The zero-order chi connectivity index (χ0) is 21.1. The molecule has 7 heterocycles. The molecule has 1 aromatic carbocycles. The summed E-state index contributed by atoms with van der Waals surface area (Å²) < 4.78 is 0. The highest BCUT2D eigenvalue weighted by Gasteiger charge is 2.44. The molecule has 0 amide bonds. The third-order valence-electron chi connectivity index (χ3n) is 7.07. The number of aromatic amines is 2. The molecule has 8 rings (SSSR count). The summed E-state index contributed by atoms with van der Waals surface area (Å²) in [6, 6.07) is 16.2. The van der Waals surface area contributed by atoms with E-state index in [1.807, 2.05) is 24.7 Å². The molecule has 2 atom stereocenters. The van der Waals surface area contributed by atoms with Gasteiger partial charge >= 0.3 is 0 Å². The third kappa shape index (κ3) is 2.74. The Kier molecular flexibility index (Phi) is 3.86. The van der Waals surface area contributed by atoms with E-state index < -0.39 is 0 Å². The Labute approximate surface area is 185 Å². The van der Waals surface area contributed by atoms with Crippen LogP contribution in [0.25, 0.3) is 33.2 Å². The number of rotatable bonds is 4. The lowest BCUT2D eigenvalue weighted by atomic mass is 9.86.